The Hall–Kier alpha value is -1.84. The Morgan fingerprint density at radius 3 is 3.00 bits per heavy atom. The fourth-order valence-electron chi connectivity index (χ4n) is 2.88. The van der Waals surface area contributed by atoms with E-state index in [2.05, 4.69) is 15.5 Å². The smallest absolute Gasteiger partial charge is 0.224 e. The molecule has 4 nitrogen and oxygen atoms in total. The van der Waals surface area contributed by atoms with Crippen molar-refractivity contribution in [1.82, 2.24) is 10.2 Å². The second kappa shape index (κ2) is 5.43. The monoisotopic (exact) mass is 257 g/mol. The molecule has 0 saturated heterocycles. The van der Waals surface area contributed by atoms with E-state index < -0.39 is 0 Å². The molecule has 19 heavy (non-hydrogen) atoms. The van der Waals surface area contributed by atoms with Crippen LogP contribution < -0.4 is 5.32 Å². The molecule has 2 aromatic rings. The minimum Gasteiger partial charge on any atom is -0.326 e. The van der Waals surface area contributed by atoms with Gasteiger partial charge in [-0.1, -0.05) is 19.3 Å². The van der Waals surface area contributed by atoms with Crippen LogP contribution in [0.1, 0.15) is 38.5 Å². The number of nitrogens with zero attached hydrogens (tertiary/aromatic N) is 1. The van der Waals surface area contributed by atoms with Gasteiger partial charge in [0, 0.05) is 17.5 Å². The fraction of sp³-hybridized carbons (Fsp3) is 0.467. The predicted octanol–water partition coefficient (Wildman–Crippen LogP) is 3.47. The molecule has 1 aromatic carbocycles. The van der Waals surface area contributed by atoms with Gasteiger partial charge in [0.25, 0.3) is 0 Å². The van der Waals surface area contributed by atoms with Crippen LogP contribution in [-0.4, -0.2) is 16.1 Å². The first-order chi connectivity index (χ1) is 9.31. The summed E-state index contributed by atoms with van der Waals surface area (Å²) < 4.78 is 0. The van der Waals surface area contributed by atoms with Gasteiger partial charge in [-0.25, -0.2) is 0 Å². The average Bonchev–Trinajstić information content (AvgIpc) is 2.87. The van der Waals surface area contributed by atoms with E-state index in [0.29, 0.717) is 12.3 Å². The van der Waals surface area contributed by atoms with Crippen LogP contribution in [0.5, 0.6) is 0 Å². The second-order valence-corrected chi connectivity index (χ2v) is 5.43. The molecule has 1 aromatic heterocycles. The van der Waals surface area contributed by atoms with E-state index in [9.17, 15) is 4.79 Å². The molecular formula is C15H19N3O. The Kier molecular flexibility index (Phi) is 3.49. The standard InChI is InChI=1S/C15H19N3O/c19-15(8-11-4-2-1-3-5-11)17-13-7-6-12-10-16-18-14(12)9-13/h6-7,9-11H,1-5,8H2,(H,16,18)(H,17,19). The van der Waals surface area contributed by atoms with Gasteiger partial charge in [-0.05, 0) is 37.0 Å². The average molecular weight is 257 g/mol. The van der Waals surface area contributed by atoms with Gasteiger partial charge in [0.15, 0.2) is 0 Å². The molecule has 100 valence electrons. The zero-order valence-corrected chi connectivity index (χ0v) is 11.0. The number of aromatic amines is 1. The second-order valence-electron chi connectivity index (χ2n) is 5.43. The van der Waals surface area contributed by atoms with Gasteiger partial charge in [-0.15, -0.1) is 0 Å². The van der Waals surface area contributed by atoms with Crippen LogP contribution >= 0.6 is 0 Å². The third-order valence-electron chi connectivity index (χ3n) is 3.92. The van der Waals surface area contributed by atoms with Gasteiger partial charge >= 0.3 is 0 Å². The summed E-state index contributed by atoms with van der Waals surface area (Å²) in [7, 11) is 0. The molecule has 0 radical (unpaired) electrons. The lowest BCUT2D eigenvalue weighted by Gasteiger charge is -2.20. The molecule has 1 fully saturated rings. The van der Waals surface area contributed by atoms with Gasteiger partial charge in [-0.2, -0.15) is 5.10 Å². The number of carbonyl (C=O) groups excluding carboxylic acids is 1. The summed E-state index contributed by atoms with van der Waals surface area (Å²) in [5, 5.41) is 10.9. The van der Waals surface area contributed by atoms with Crippen LogP contribution in [0.2, 0.25) is 0 Å². The van der Waals surface area contributed by atoms with Gasteiger partial charge in [0.1, 0.15) is 0 Å². The topological polar surface area (TPSA) is 57.8 Å². The van der Waals surface area contributed by atoms with E-state index in [1.165, 1.54) is 32.1 Å². The van der Waals surface area contributed by atoms with Crippen LogP contribution in [0.3, 0.4) is 0 Å². The number of benzene rings is 1. The zero-order chi connectivity index (χ0) is 13.1. The van der Waals surface area contributed by atoms with Crippen molar-refractivity contribution >= 4 is 22.5 Å². The van der Waals surface area contributed by atoms with Crippen LogP contribution in [0.4, 0.5) is 5.69 Å². The molecule has 0 bridgehead atoms. The number of H-pyrrole nitrogens is 1. The number of aromatic nitrogens is 2. The summed E-state index contributed by atoms with van der Waals surface area (Å²) in [5.41, 5.74) is 1.80. The molecule has 4 heteroatoms. The van der Waals surface area contributed by atoms with Crippen molar-refractivity contribution in [3.05, 3.63) is 24.4 Å². The predicted molar refractivity (Wildman–Crippen MR) is 75.9 cm³/mol. The summed E-state index contributed by atoms with van der Waals surface area (Å²) in [6.45, 7) is 0. The highest BCUT2D eigenvalue weighted by Gasteiger charge is 2.17. The number of hydrogen-bond acceptors (Lipinski definition) is 2. The summed E-state index contributed by atoms with van der Waals surface area (Å²) in [6, 6.07) is 5.83. The quantitative estimate of drug-likeness (QED) is 0.884. The van der Waals surface area contributed by atoms with E-state index in [1.807, 2.05) is 18.2 Å². The van der Waals surface area contributed by atoms with E-state index in [0.717, 1.165) is 16.6 Å². The lowest BCUT2D eigenvalue weighted by molar-refractivity contribution is -0.117. The lowest BCUT2D eigenvalue weighted by Crippen LogP contribution is -2.18. The largest absolute Gasteiger partial charge is 0.326 e. The Morgan fingerprint density at radius 2 is 2.16 bits per heavy atom. The van der Waals surface area contributed by atoms with E-state index in [-0.39, 0.29) is 5.91 Å². The summed E-state index contributed by atoms with van der Waals surface area (Å²) in [6.07, 6.45) is 8.72. The fourth-order valence-corrected chi connectivity index (χ4v) is 2.88. The first kappa shape index (κ1) is 12.2. The maximum absolute atomic E-state index is 12.0. The van der Waals surface area contributed by atoms with Crippen molar-refractivity contribution in [2.45, 2.75) is 38.5 Å². The molecule has 0 aliphatic heterocycles. The third kappa shape index (κ3) is 2.95. The van der Waals surface area contributed by atoms with Gasteiger partial charge in [-0.3, -0.25) is 9.89 Å². The molecular weight excluding hydrogens is 238 g/mol. The van der Waals surface area contributed by atoms with Gasteiger partial charge < -0.3 is 5.32 Å². The van der Waals surface area contributed by atoms with Crippen molar-refractivity contribution in [2.24, 2.45) is 5.92 Å². The summed E-state index contributed by atoms with van der Waals surface area (Å²) >= 11 is 0. The first-order valence-corrected chi connectivity index (χ1v) is 7.04. The van der Waals surface area contributed by atoms with Crippen molar-refractivity contribution in [1.29, 1.82) is 0 Å². The Bertz CT molecular complexity index is 570. The first-order valence-electron chi connectivity index (χ1n) is 7.04. The highest BCUT2D eigenvalue weighted by atomic mass is 16.1. The molecule has 1 amide bonds. The van der Waals surface area contributed by atoms with Crippen molar-refractivity contribution in [2.75, 3.05) is 5.32 Å². The third-order valence-corrected chi connectivity index (χ3v) is 3.92. The highest BCUT2D eigenvalue weighted by Crippen LogP contribution is 2.26. The van der Waals surface area contributed by atoms with E-state index in [4.69, 9.17) is 0 Å². The SMILES string of the molecule is O=C(CC1CCCCC1)Nc1ccc2cn[nH]c2c1. The van der Waals surface area contributed by atoms with Crippen molar-refractivity contribution in [3.8, 4) is 0 Å². The van der Waals surface area contributed by atoms with Crippen LogP contribution in [0.15, 0.2) is 24.4 Å². The van der Waals surface area contributed by atoms with E-state index >= 15 is 0 Å². The minimum absolute atomic E-state index is 0.130. The van der Waals surface area contributed by atoms with E-state index in [1.54, 1.807) is 6.20 Å². The molecule has 0 atom stereocenters. The minimum atomic E-state index is 0.130. The number of anilines is 1. The number of rotatable bonds is 3. The Labute approximate surface area is 112 Å². The zero-order valence-electron chi connectivity index (χ0n) is 11.0. The summed E-state index contributed by atoms with van der Waals surface area (Å²) in [5.74, 6) is 0.704. The lowest BCUT2D eigenvalue weighted by atomic mass is 9.87. The van der Waals surface area contributed by atoms with Crippen molar-refractivity contribution < 1.29 is 4.79 Å². The van der Waals surface area contributed by atoms with Gasteiger partial charge in [0.2, 0.25) is 5.91 Å². The molecule has 3 rings (SSSR count). The molecule has 1 aliphatic rings. The van der Waals surface area contributed by atoms with Crippen molar-refractivity contribution in [3.63, 3.8) is 0 Å². The normalized spacial score (nSPS) is 16.6. The van der Waals surface area contributed by atoms with Crippen LogP contribution in [0, 0.1) is 5.92 Å². The molecule has 1 saturated carbocycles. The maximum atomic E-state index is 12.0. The molecule has 1 heterocycles. The molecule has 0 unspecified atom stereocenters. The number of amides is 1. The molecule has 1 aliphatic carbocycles. The number of nitrogens with one attached hydrogen (secondary N) is 2. The Morgan fingerprint density at radius 1 is 1.32 bits per heavy atom. The Balaban J connectivity index is 1.61. The number of carbonyl (C=O) groups is 1. The molecule has 0 spiro atoms. The highest BCUT2D eigenvalue weighted by molar-refractivity contribution is 5.93. The van der Waals surface area contributed by atoms with Crippen LogP contribution in [0.25, 0.3) is 10.9 Å². The number of hydrogen-bond donors (Lipinski definition) is 2. The molecule has 2 N–H and O–H groups in total. The van der Waals surface area contributed by atoms with Gasteiger partial charge in [0.05, 0.1) is 11.7 Å². The summed E-state index contributed by atoms with van der Waals surface area (Å²) in [4.78, 5) is 12.0. The maximum Gasteiger partial charge on any atom is 0.224 e. The number of fused-ring (bicyclic) bond motifs is 1. The van der Waals surface area contributed by atoms with Crippen LogP contribution in [-0.2, 0) is 4.79 Å².